The molecule has 150 valence electrons. The van der Waals surface area contributed by atoms with E-state index in [0.29, 0.717) is 22.8 Å². The Bertz CT molecular complexity index is 1010. The lowest BCUT2D eigenvalue weighted by atomic mass is 10.1. The maximum absolute atomic E-state index is 12.8. The number of rotatable bonds is 6. The molecule has 0 amide bonds. The third kappa shape index (κ3) is 4.87. The van der Waals surface area contributed by atoms with Crippen LogP contribution in [0.5, 0.6) is 0 Å². The Hall–Kier alpha value is -3.05. The van der Waals surface area contributed by atoms with Crippen LogP contribution >= 0.6 is 11.6 Å². The van der Waals surface area contributed by atoms with Gasteiger partial charge in [0.1, 0.15) is 11.8 Å². The predicted molar refractivity (Wildman–Crippen MR) is 111 cm³/mol. The molecule has 0 saturated heterocycles. The number of aromatic nitrogens is 1. The van der Waals surface area contributed by atoms with Gasteiger partial charge in [-0.15, -0.1) is 0 Å². The van der Waals surface area contributed by atoms with Crippen molar-refractivity contribution < 1.29 is 19.1 Å². The normalized spacial score (nSPS) is 11.7. The minimum Gasteiger partial charge on any atom is -0.465 e. The zero-order valence-electron chi connectivity index (χ0n) is 16.5. The Morgan fingerprint density at radius 1 is 0.966 bits per heavy atom. The van der Waals surface area contributed by atoms with E-state index in [-0.39, 0.29) is 0 Å². The van der Waals surface area contributed by atoms with E-state index in [9.17, 15) is 9.59 Å². The molecule has 0 fully saturated rings. The molecule has 0 aliphatic rings. The highest BCUT2D eigenvalue weighted by atomic mass is 35.5. The molecule has 0 aliphatic carbocycles. The van der Waals surface area contributed by atoms with Crippen LogP contribution in [0.25, 0.3) is 0 Å². The third-order valence-corrected chi connectivity index (χ3v) is 5.00. The van der Waals surface area contributed by atoms with Crippen LogP contribution in [-0.4, -0.2) is 23.6 Å². The van der Waals surface area contributed by atoms with Crippen LogP contribution in [0.1, 0.15) is 50.7 Å². The lowest BCUT2D eigenvalue weighted by Crippen LogP contribution is -2.16. The fourth-order valence-electron chi connectivity index (χ4n) is 3.03. The number of hydrogen-bond acceptors (Lipinski definition) is 4. The van der Waals surface area contributed by atoms with E-state index < -0.39 is 18.0 Å². The van der Waals surface area contributed by atoms with Crippen LogP contribution in [0, 0.1) is 6.92 Å². The molecule has 1 heterocycles. The SMILES string of the molecule is COC(=O)c1ccc([C@H](C)OC(=O)c2ccc(C)n2Cc2ccc(Cl)cc2)cc1. The van der Waals surface area contributed by atoms with Crippen molar-refractivity contribution in [1.29, 1.82) is 0 Å². The topological polar surface area (TPSA) is 57.5 Å². The molecule has 0 N–H and O–H groups in total. The highest BCUT2D eigenvalue weighted by Crippen LogP contribution is 2.21. The molecule has 0 radical (unpaired) electrons. The summed E-state index contributed by atoms with van der Waals surface area (Å²) in [4.78, 5) is 24.3. The molecule has 0 unspecified atom stereocenters. The molecule has 2 aromatic carbocycles. The molecule has 29 heavy (non-hydrogen) atoms. The second-order valence-electron chi connectivity index (χ2n) is 6.73. The van der Waals surface area contributed by atoms with Gasteiger partial charge in [0, 0.05) is 17.3 Å². The maximum atomic E-state index is 12.8. The van der Waals surface area contributed by atoms with Gasteiger partial charge in [0.2, 0.25) is 0 Å². The van der Waals surface area contributed by atoms with Crippen molar-refractivity contribution >= 4 is 23.5 Å². The summed E-state index contributed by atoms with van der Waals surface area (Å²) in [6.07, 6.45) is -0.464. The number of carbonyl (C=O) groups excluding carboxylic acids is 2. The van der Waals surface area contributed by atoms with Crippen molar-refractivity contribution in [2.75, 3.05) is 7.11 Å². The second kappa shape index (κ2) is 8.97. The highest BCUT2D eigenvalue weighted by Gasteiger charge is 2.19. The van der Waals surface area contributed by atoms with Gasteiger partial charge in [-0.1, -0.05) is 35.9 Å². The van der Waals surface area contributed by atoms with E-state index in [1.807, 2.05) is 41.8 Å². The summed E-state index contributed by atoms with van der Waals surface area (Å²) in [7, 11) is 1.34. The summed E-state index contributed by atoms with van der Waals surface area (Å²) >= 11 is 5.95. The summed E-state index contributed by atoms with van der Waals surface area (Å²) in [5.74, 6) is -0.812. The zero-order chi connectivity index (χ0) is 21.0. The number of nitrogens with zero attached hydrogens (tertiary/aromatic N) is 1. The average molecular weight is 412 g/mol. The van der Waals surface area contributed by atoms with Crippen LogP contribution < -0.4 is 0 Å². The number of esters is 2. The number of methoxy groups -OCH3 is 1. The number of benzene rings is 2. The summed E-state index contributed by atoms with van der Waals surface area (Å²) in [5, 5.41) is 0.671. The van der Waals surface area contributed by atoms with Crippen LogP contribution in [0.2, 0.25) is 5.02 Å². The number of halogens is 1. The molecule has 0 bridgehead atoms. The van der Waals surface area contributed by atoms with E-state index in [4.69, 9.17) is 21.1 Å². The van der Waals surface area contributed by atoms with E-state index in [1.165, 1.54) is 7.11 Å². The Morgan fingerprint density at radius 3 is 2.24 bits per heavy atom. The molecule has 5 nitrogen and oxygen atoms in total. The third-order valence-electron chi connectivity index (χ3n) is 4.75. The summed E-state index contributed by atoms with van der Waals surface area (Å²) in [5.41, 5.74) is 3.72. The zero-order valence-corrected chi connectivity index (χ0v) is 17.3. The standard InChI is InChI=1S/C23H22ClNO4/c1-15-4-13-21(25(15)14-17-5-11-20(24)12-6-17)23(27)29-16(2)18-7-9-19(10-8-18)22(26)28-3/h4-13,16H,14H2,1-3H3/t16-/m0/s1. The molecular weight excluding hydrogens is 390 g/mol. The molecule has 3 rings (SSSR count). The van der Waals surface area contributed by atoms with Crippen molar-refractivity contribution in [1.82, 2.24) is 4.57 Å². The van der Waals surface area contributed by atoms with Gasteiger partial charge >= 0.3 is 11.9 Å². The summed E-state index contributed by atoms with van der Waals surface area (Å²) in [6, 6.07) is 18.0. The van der Waals surface area contributed by atoms with Gasteiger partial charge in [0.15, 0.2) is 0 Å². The lowest BCUT2D eigenvalue weighted by molar-refractivity contribution is 0.0324. The van der Waals surface area contributed by atoms with Gasteiger partial charge < -0.3 is 14.0 Å². The van der Waals surface area contributed by atoms with Gasteiger partial charge in [-0.05, 0) is 61.4 Å². The van der Waals surface area contributed by atoms with Crippen molar-refractivity contribution in [3.05, 3.63) is 93.8 Å². The largest absolute Gasteiger partial charge is 0.465 e. The summed E-state index contributed by atoms with van der Waals surface area (Å²) in [6.45, 7) is 4.29. The minimum absolute atomic E-state index is 0.406. The van der Waals surface area contributed by atoms with Gasteiger partial charge in [-0.25, -0.2) is 9.59 Å². The van der Waals surface area contributed by atoms with Crippen LogP contribution in [-0.2, 0) is 16.0 Å². The quantitative estimate of drug-likeness (QED) is 0.523. The second-order valence-corrected chi connectivity index (χ2v) is 7.17. The number of hydrogen-bond donors (Lipinski definition) is 0. The van der Waals surface area contributed by atoms with E-state index in [0.717, 1.165) is 16.8 Å². The molecule has 0 spiro atoms. The number of ether oxygens (including phenoxy) is 2. The number of carbonyl (C=O) groups is 2. The highest BCUT2D eigenvalue weighted by molar-refractivity contribution is 6.30. The molecular formula is C23H22ClNO4. The van der Waals surface area contributed by atoms with Crippen LogP contribution in [0.3, 0.4) is 0 Å². The first-order chi connectivity index (χ1) is 13.9. The first-order valence-electron chi connectivity index (χ1n) is 9.19. The van der Waals surface area contributed by atoms with E-state index in [1.54, 1.807) is 37.3 Å². The molecule has 1 aromatic heterocycles. The average Bonchev–Trinajstić information content (AvgIpc) is 3.09. The molecule has 1 atom stereocenters. The van der Waals surface area contributed by atoms with E-state index >= 15 is 0 Å². The molecule has 3 aromatic rings. The first kappa shape index (κ1) is 20.7. The van der Waals surface area contributed by atoms with Crippen LogP contribution in [0.4, 0.5) is 0 Å². The van der Waals surface area contributed by atoms with Gasteiger partial charge in [-0.3, -0.25) is 0 Å². The lowest BCUT2D eigenvalue weighted by Gasteiger charge is -2.16. The van der Waals surface area contributed by atoms with Crippen LogP contribution in [0.15, 0.2) is 60.7 Å². The first-order valence-corrected chi connectivity index (χ1v) is 9.56. The Morgan fingerprint density at radius 2 is 1.62 bits per heavy atom. The van der Waals surface area contributed by atoms with Crippen molar-refractivity contribution in [3.63, 3.8) is 0 Å². The minimum atomic E-state index is -0.464. The van der Waals surface area contributed by atoms with Crippen molar-refractivity contribution in [3.8, 4) is 0 Å². The number of aryl methyl sites for hydroxylation is 1. The Kier molecular flexibility index (Phi) is 6.39. The predicted octanol–water partition coefficient (Wildman–Crippen LogP) is 5.20. The van der Waals surface area contributed by atoms with E-state index in [2.05, 4.69) is 0 Å². The fourth-order valence-corrected chi connectivity index (χ4v) is 3.15. The Balaban J connectivity index is 1.73. The smallest absolute Gasteiger partial charge is 0.355 e. The Labute approximate surface area is 174 Å². The molecule has 0 aliphatic heterocycles. The fraction of sp³-hybridized carbons (Fsp3) is 0.217. The van der Waals surface area contributed by atoms with Crippen molar-refractivity contribution in [2.24, 2.45) is 0 Å². The van der Waals surface area contributed by atoms with Gasteiger partial charge in [0.05, 0.1) is 12.7 Å². The van der Waals surface area contributed by atoms with Crippen molar-refractivity contribution in [2.45, 2.75) is 26.5 Å². The van der Waals surface area contributed by atoms with Gasteiger partial charge in [0.25, 0.3) is 0 Å². The monoisotopic (exact) mass is 411 g/mol. The maximum Gasteiger partial charge on any atom is 0.355 e. The molecule has 0 saturated carbocycles. The molecule has 6 heteroatoms. The summed E-state index contributed by atoms with van der Waals surface area (Å²) < 4.78 is 12.3. The van der Waals surface area contributed by atoms with Gasteiger partial charge in [-0.2, -0.15) is 0 Å².